The van der Waals surface area contributed by atoms with Gasteiger partial charge in [-0.3, -0.25) is 0 Å². The summed E-state index contributed by atoms with van der Waals surface area (Å²) < 4.78 is 59.8. The van der Waals surface area contributed by atoms with E-state index in [-0.39, 0.29) is 41.3 Å². The molecular weight excluding hydrogens is 369 g/mol. The molecule has 0 N–H and O–H groups in total. The number of fused-ring (bicyclic) bond motifs is 1. The van der Waals surface area contributed by atoms with Crippen LogP contribution in [0.5, 0.6) is 5.75 Å². The summed E-state index contributed by atoms with van der Waals surface area (Å²) in [4.78, 5) is 0. The Bertz CT molecular complexity index is 821. The lowest BCUT2D eigenvalue weighted by Crippen LogP contribution is -2.26. The van der Waals surface area contributed by atoms with Gasteiger partial charge in [0.2, 0.25) is 11.6 Å². The highest BCUT2D eigenvalue weighted by Gasteiger charge is 2.32. The zero-order valence-corrected chi connectivity index (χ0v) is 16.2. The summed E-state index contributed by atoms with van der Waals surface area (Å²) in [5.41, 5.74) is 1.02. The van der Waals surface area contributed by atoms with E-state index in [1.54, 1.807) is 6.07 Å². The summed E-state index contributed by atoms with van der Waals surface area (Å²) in [6.07, 6.45) is 3.87. The van der Waals surface area contributed by atoms with E-state index in [1.807, 2.05) is 0 Å². The number of halogens is 3. The Kier molecular flexibility index (Phi) is 6.18. The number of hydrogen-bond acceptors (Lipinski definition) is 3. The lowest BCUT2D eigenvalue weighted by atomic mass is 9.87. The zero-order valence-electron chi connectivity index (χ0n) is 16.2. The van der Waals surface area contributed by atoms with Crippen LogP contribution in [0.2, 0.25) is 0 Å². The van der Waals surface area contributed by atoms with Crippen LogP contribution in [0, 0.1) is 11.6 Å². The van der Waals surface area contributed by atoms with E-state index in [2.05, 4.69) is 20.1 Å². The SMILES string of the molecule is C=C(OC)/C(F)=C1/Oc2c(cc(C3CCC(CCC)OC3)c(F)c2F)CC1=C. The molecule has 28 heavy (non-hydrogen) atoms. The molecule has 2 atom stereocenters. The van der Waals surface area contributed by atoms with Crippen LogP contribution in [0.25, 0.3) is 0 Å². The highest BCUT2D eigenvalue weighted by molar-refractivity contribution is 5.51. The van der Waals surface area contributed by atoms with Crippen molar-refractivity contribution in [3.05, 3.63) is 64.9 Å². The van der Waals surface area contributed by atoms with Gasteiger partial charge in [0.1, 0.15) is 0 Å². The summed E-state index contributed by atoms with van der Waals surface area (Å²) in [5.74, 6) is -4.06. The fourth-order valence-electron chi connectivity index (χ4n) is 3.72. The number of rotatable bonds is 5. The van der Waals surface area contributed by atoms with Gasteiger partial charge in [-0.2, -0.15) is 8.78 Å². The second-order valence-corrected chi connectivity index (χ2v) is 7.25. The first-order chi connectivity index (χ1) is 13.4. The van der Waals surface area contributed by atoms with Crippen molar-refractivity contribution in [3.8, 4) is 5.75 Å². The number of ether oxygens (including phenoxy) is 3. The number of hydrogen-bond donors (Lipinski definition) is 0. The molecule has 0 spiro atoms. The smallest absolute Gasteiger partial charge is 0.207 e. The van der Waals surface area contributed by atoms with Crippen LogP contribution in [0.15, 0.2) is 42.1 Å². The maximum absolute atomic E-state index is 14.8. The molecule has 1 aromatic rings. The Balaban J connectivity index is 1.91. The van der Waals surface area contributed by atoms with Gasteiger partial charge in [-0.15, -0.1) is 0 Å². The zero-order chi connectivity index (χ0) is 20.4. The number of allylic oxidation sites excluding steroid dienone is 2. The van der Waals surface area contributed by atoms with E-state index in [0.717, 1.165) is 25.7 Å². The fraction of sp³-hybridized carbons (Fsp3) is 0.455. The molecule has 0 aromatic heterocycles. The van der Waals surface area contributed by atoms with Gasteiger partial charge in [0.15, 0.2) is 23.1 Å². The van der Waals surface area contributed by atoms with Crippen LogP contribution in [-0.2, 0) is 15.9 Å². The van der Waals surface area contributed by atoms with Gasteiger partial charge in [-0.25, -0.2) is 4.39 Å². The lowest BCUT2D eigenvalue weighted by molar-refractivity contribution is -0.00186. The predicted molar refractivity (Wildman–Crippen MR) is 101 cm³/mol. The minimum absolute atomic E-state index is 0.144. The third-order valence-electron chi connectivity index (χ3n) is 5.31. The molecule has 3 nitrogen and oxygen atoms in total. The van der Waals surface area contributed by atoms with Crippen LogP contribution in [0.3, 0.4) is 0 Å². The molecule has 1 saturated heterocycles. The first-order valence-electron chi connectivity index (χ1n) is 9.48. The molecule has 0 radical (unpaired) electrons. The molecule has 2 heterocycles. The van der Waals surface area contributed by atoms with Crippen molar-refractivity contribution in [1.82, 2.24) is 0 Å². The second kappa shape index (κ2) is 8.43. The summed E-state index contributed by atoms with van der Waals surface area (Å²) >= 11 is 0. The largest absolute Gasteiger partial charge is 0.494 e. The van der Waals surface area contributed by atoms with E-state index in [1.165, 1.54) is 7.11 Å². The molecule has 2 aliphatic heterocycles. The average molecular weight is 394 g/mol. The summed E-state index contributed by atoms with van der Waals surface area (Å²) in [6, 6.07) is 1.59. The Morgan fingerprint density at radius 2 is 2.04 bits per heavy atom. The van der Waals surface area contributed by atoms with Crippen LogP contribution < -0.4 is 4.74 Å². The molecule has 0 bridgehead atoms. The first-order valence-corrected chi connectivity index (χ1v) is 9.48. The molecule has 1 fully saturated rings. The molecule has 6 heteroatoms. The van der Waals surface area contributed by atoms with Crippen molar-refractivity contribution in [2.75, 3.05) is 13.7 Å². The van der Waals surface area contributed by atoms with Gasteiger partial charge in [-0.05, 0) is 36.5 Å². The summed E-state index contributed by atoms with van der Waals surface area (Å²) in [7, 11) is 1.26. The summed E-state index contributed by atoms with van der Waals surface area (Å²) in [5, 5.41) is 0. The Morgan fingerprint density at radius 3 is 2.64 bits per heavy atom. The van der Waals surface area contributed by atoms with Crippen LogP contribution >= 0.6 is 0 Å². The predicted octanol–water partition coefficient (Wildman–Crippen LogP) is 5.86. The quantitative estimate of drug-likeness (QED) is 0.586. The van der Waals surface area contributed by atoms with Gasteiger partial charge < -0.3 is 14.2 Å². The van der Waals surface area contributed by atoms with Gasteiger partial charge in [0.05, 0.1) is 19.8 Å². The van der Waals surface area contributed by atoms with Crippen molar-refractivity contribution in [2.24, 2.45) is 0 Å². The summed E-state index contributed by atoms with van der Waals surface area (Å²) in [6.45, 7) is 9.66. The van der Waals surface area contributed by atoms with Crippen molar-refractivity contribution >= 4 is 0 Å². The highest BCUT2D eigenvalue weighted by atomic mass is 19.2. The molecule has 0 saturated carbocycles. The molecule has 1 aromatic carbocycles. The maximum atomic E-state index is 14.8. The standard InChI is InChI=1S/C22H25F3O3/c1-5-6-16-8-7-14(11-27-16)17-10-15-9-12(2)21(18(23)13(3)26-4)28-22(15)20(25)19(17)24/h10,14,16H,2-3,5-9,11H2,1,4H3/b21-18-. The minimum Gasteiger partial charge on any atom is -0.494 e. The van der Waals surface area contributed by atoms with Gasteiger partial charge in [-0.1, -0.05) is 26.5 Å². The van der Waals surface area contributed by atoms with E-state index in [9.17, 15) is 13.2 Å². The van der Waals surface area contributed by atoms with Crippen LogP contribution in [-0.4, -0.2) is 19.8 Å². The van der Waals surface area contributed by atoms with Crippen molar-refractivity contribution in [3.63, 3.8) is 0 Å². The molecule has 3 rings (SSSR count). The van der Waals surface area contributed by atoms with Crippen molar-refractivity contribution < 1.29 is 27.4 Å². The monoisotopic (exact) mass is 394 g/mol. The van der Waals surface area contributed by atoms with E-state index >= 15 is 0 Å². The Labute approximate surface area is 163 Å². The van der Waals surface area contributed by atoms with Crippen molar-refractivity contribution in [1.29, 1.82) is 0 Å². The Hall–Kier alpha value is -2.21. The lowest BCUT2D eigenvalue weighted by Gasteiger charge is -2.31. The van der Waals surface area contributed by atoms with Crippen LogP contribution in [0.1, 0.15) is 49.7 Å². The third-order valence-corrected chi connectivity index (χ3v) is 5.31. The minimum atomic E-state index is -1.12. The molecule has 0 aliphatic carbocycles. The Morgan fingerprint density at radius 1 is 1.29 bits per heavy atom. The normalized spacial score (nSPS) is 23.7. The van der Waals surface area contributed by atoms with E-state index in [4.69, 9.17) is 14.2 Å². The number of benzene rings is 1. The fourth-order valence-corrected chi connectivity index (χ4v) is 3.72. The molecule has 2 unspecified atom stereocenters. The van der Waals surface area contributed by atoms with Gasteiger partial charge in [0.25, 0.3) is 0 Å². The second-order valence-electron chi connectivity index (χ2n) is 7.25. The molecule has 152 valence electrons. The van der Waals surface area contributed by atoms with Gasteiger partial charge >= 0.3 is 0 Å². The van der Waals surface area contributed by atoms with Crippen LogP contribution in [0.4, 0.5) is 13.2 Å². The topological polar surface area (TPSA) is 27.7 Å². The third kappa shape index (κ3) is 3.83. The maximum Gasteiger partial charge on any atom is 0.207 e. The first kappa shape index (κ1) is 20.5. The molecular formula is C22H25F3O3. The highest BCUT2D eigenvalue weighted by Crippen LogP contribution is 2.41. The van der Waals surface area contributed by atoms with Gasteiger partial charge in [0, 0.05) is 17.9 Å². The average Bonchev–Trinajstić information content (AvgIpc) is 2.70. The molecule has 0 amide bonds. The van der Waals surface area contributed by atoms with Crippen molar-refractivity contribution in [2.45, 2.75) is 51.0 Å². The number of methoxy groups -OCH3 is 1. The van der Waals surface area contributed by atoms with E-state index < -0.39 is 17.5 Å². The molecule has 2 aliphatic rings. The van der Waals surface area contributed by atoms with E-state index in [0.29, 0.717) is 17.7 Å².